The maximum absolute atomic E-state index is 11.7. The maximum atomic E-state index is 11.7. The number of rotatable bonds is 11. The zero-order valence-electron chi connectivity index (χ0n) is 18.7. The van der Waals surface area contributed by atoms with Gasteiger partial charge in [0.1, 0.15) is 5.75 Å². The summed E-state index contributed by atoms with van der Waals surface area (Å²) in [5, 5.41) is 9.32. The fraction of sp³-hybridized carbons (Fsp3) is 0.417. The highest BCUT2D eigenvalue weighted by molar-refractivity contribution is 14.0. The molecule has 0 unspecified atom stereocenters. The van der Waals surface area contributed by atoms with Crippen LogP contribution in [0, 0.1) is 0 Å². The van der Waals surface area contributed by atoms with Gasteiger partial charge in [-0.15, -0.1) is 24.0 Å². The lowest BCUT2D eigenvalue weighted by molar-refractivity contribution is 0.0963. The van der Waals surface area contributed by atoms with E-state index in [1.807, 2.05) is 36.4 Å². The van der Waals surface area contributed by atoms with Crippen molar-refractivity contribution in [2.45, 2.75) is 32.6 Å². The van der Waals surface area contributed by atoms with Gasteiger partial charge >= 0.3 is 0 Å². The van der Waals surface area contributed by atoms with E-state index in [0.29, 0.717) is 5.56 Å². The number of amides is 1. The van der Waals surface area contributed by atoms with Crippen LogP contribution in [0.4, 0.5) is 0 Å². The first-order valence-electron chi connectivity index (χ1n) is 10.6. The van der Waals surface area contributed by atoms with E-state index in [9.17, 15) is 4.79 Å². The van der Waals surface area contributed by atoms with Crippen LogP contribution in [-0.4, -0.2) is 45.7 Å². The number of unbranched alkanes of at least 4 members (excludes halogenated alkanes) is 1. The molecule has 0 saturated carbocycles. The topological polar surface area (TPSA) is 74.8 Å². The second-order valence-corrected chi connectivity index (χ2v) is 7.05. The van der Waals surface area contributed by atoms with Crippen LogP contribution in [0.15, 0.2) is 53.5 Å². The van der Waals surface area contributed by atoms with Gasteiger partial charge < -0.3 is 20.7 Å². The smallest absolute Gasteiger partial charge is 0.251 e. The number of guanidine groups is 1. The summed E-state index contributed by atoms with van der Waals surface area (Å²) >= 11 is 0. The Balaban J connectivity index is 0.00000480. The van der Waals surface area contributed by atoms with Crippen molar-refractivity contribution in [2.75, 3.05) is 33.8 Å². The number of carbonyl (C=O) groups is 1. The Kier molecular flexibility index (Phi) is 13.4. The molecule has 6 nitrogen and oxygen atoms in total. The van der Waals surface area contributed by atoms with Crippen molar-refractivity contribution in [1.29, 1.82) is 0 Å². The third-order valence-corrected chi connectivity index (χ3v) is 4.74. The summed E-state index contributed by atoms with van der Waals surface area (Å²) < 4.78 is 5.70. The summed E-state index contributed by atoms with van der Waals surface area (Å²) in [6, 6.07) is 16.0. The van der Waals surface area contributed by atoms with Crippen molar-refractivity contribution in [3.8, 4) is 5.75 Å². The predicted octanol–water partition coefficient (Wildman–Crippen LogP) is 3.79. The lowest BCUT2D eigenvalue weighted by Crippen LogP contribution is -2.39. The zero-order chi connectivity index (χ0) is 21.6. The Morgan fingerprint density at radius 1 is 1.00 bits per heavy atom. The highest BCUT2D eigenvalue weighted by Gasteiger charge is 2.04. The molecule has 0 aliphatic heterocycles. The average molecular weight is 538 g/mol. The molecule has 0 heterocycles. The lowest BCUT2D eigenvalue weighted by Gasteiger charge is -2.12. The van der Waals surface area contributed by atoms with E-state index in [0.717, 1.165) is 62.7 Å². The van der Waals surface area contributed by atoms with Gasteiger partial charge in [-0.3, -0.25) is 9.79 Å². The number of carbonyl (C=O) groups excluding carboxylic acids is 1. The van der Waals surface area contributed by atoms with Crippen LogP contribution in [-0.2, 0) is 12.8 Å². The molecule has 0 aliphatic rings. The van der Waals surface area contributed by atoms with Gasteiger partial charge in [0.2, 0.25) is 0 Å². The first-order valence-corrected chi connectivity index (χ1v) is 10.6. The number of hydrogen-bond donors (Lipinski definition) is 3. The number of aliphatic imine (C=N–C) groups is 1. The molecule has 0 aromatic heterocycles. The standard InChI is InChI=1S/C24H34N4O2.HI/c1-4-5-17-30-22-11-9-19(10-12-22)13-15-27-24(26-3)28-16-14-20-7-6-8-21(18-20)23(29)25-2;/h6-12,18H,4-5,13-17H2,1-3H3,(H,25,29)(H2,26,27,28);1H. The Morgan fingerprint density at radius 3 is 2.29 bits per heavy atom. The predicted molar refractivity (Wildman–Crippen MR) is 139 cm³/mol. The number of benzene rings is 2. The number of nitrogens with zero attached hydrogens (tertiary/aromatic N) is 1. The van der Waals surface area contributed by atoms with E-state index in [-0.39, 0.29) is 29.9 Å². The molecule has 0 aliphatic carbocycles. The van der Waals surface area contributed by atoms with Crippen molar-refractivity contribution in [3.05, 3.63) is 65.2 Å². The van der Waals surface area contributed by atoms with Crippen molar-refractivity contribution < 1.29 is 9.53 Å². The Morgan fingerprint density at radius 2 is 1.68 bits per heavy atom. The fourth-order valence-electron chi connectivity index (χ4n) is 2.97. The highest BCUT2D eigenvalue weighted by atomic mass is 127. The van der Waals surface area contributed by atoms with Crippen LogP contribution < -0.4 is 20.7 Å². The second-order valence-electron chi connectivity index (χ2n) is 7.05. The third-order valence-electron chi connectivity index (χ3n) is 4.74. The van der Waals surface area contributed by atoms with Crippen LogP contribution >= 0.6 is 24.0 Å². The normalized spacial score (nSPS) is 10.7. The first kappa shape index (κ1) is 26.7. The third kappa shape index (κ3) is 10.0. The van der Waals surface area contributed by atoms with Crippen LogP contribution in [0.5, 0.6) is 5.75 Å². The minimum atomic E-state index is -0.0668. The van der Waals surface area contributed by atoms with Crippen LogP contribution in [0.1, 0.15) is 41.3 Å². The van der Waals surface area contributed by atoms with Gasteiger partial charge in [0.15, 0.2) is 5.96 Å². The minimum Gasteiger partial charge on any atom is -0.494 e. The van der Waals surface area contributed by atoms with E-state index in [4.69, 9.17) is 4.74 Å². The molecule has 3 N–H and O–H groups in total. The maximum Gasteiger partial charge on any atom is 0.251 e. The molecular formula is C24H35IN4O2. The van der Waals surface area contributed by atoms with Gasteiger partial charge in [0.05, 0.1) is 6.61 Å². The zero-order valence-corrected chi connectivity index (χ0v) is 21.1. The summed E-state index contributed by atoms with van der Waals surface area (Å²) in [6.45, 7) is 4.46. The quantitative estimate of drug-likeness (QED) is 0.176. The van der Waals surface area contributed by atoms with Crippen LogP contribution in [0.2, 0.25) is 0 Å². The molecule has 0 atom stereocenters. The molecule has 0 radical (unpaired) electrons. The molecule has 2 rings (SSSR count). The summed E-state index contributed by atoms with van der Waals surface area (Å²) in [7, 11) is 3.41. The van der Waals surface area contributed by atoms with Crippen LogP contribution in [0.3, 0.4) is 0 Å². The highest BCUT2D eigenvalue weighted by Crippen LogP contribution is 2.13. The van der Waals surface area contributed by atoms with E-state index >= 15 is 0 Å². The summed E-state index contributed by atoms with van der Waals surface area (Å²) in [5.41, 5.74) is 3.05. The molecule has 0 fully saturated rings. The van der Waals surface area contributed by atoms with Gasteiger partial charge in [-0.05, 0) is 54.7 Å². The molecule has 0 saturated heterocycles. The molecule has 0 bridgehead atoms. The molecular weight excluding hydrogens is 503 g/mol. The van der Waals surface area contributed by atoms with E-state index < -0.39 is 0 Å². The Hall–Kier alpha value is -2.29. The second kappa shape index (κ2) is 15.5. The largest absolute Gasteiger partial charge is 0.494 e. The molecule has 2 aromatic carbocycles. The lowest BCUT2D eigenvalue weighted by atomic mass is 10.1. The van der Waals surface area contributed by atoms with Crippen molar-refractivity contribution in [1.82, 2.24) is 16.0 Å². The molecule has 0 spiro atoms. The Labute approximate surface area is 203 Å². The molecule has 31 heavy (non-hydrogen) atoms. The van der Waals surface area contributed by atoms with Crippen LogP contribution in [0.25, 0.3) is 0 Å². The van der Waals surface area contributed by atoms with Gasteiger partial charge in [0.25, 0.3) is 5.91 Å². The van der Waals surface area contributed by atoms with Gasteiger partial charge in [-0.1, -0.05) is 37.6 Å². The first-order chi connectivity index (χ1) is 14.7. The fourth-order valence-corrected chi connectivity index (χ4v) is 2.97. The average Bonchev–Trinajstić information content (AvgIpc) is 2.79. The molecule has 170 valence electrons. The van der Waals surface area contributed by atoms with Gasteiger partial charge in [-0.25, -0.2) is 0 Å². The molecule has 1 amide bonds. The number of hydrogen-bond acceptors (Lipinski definition) is 3. The minimum absolute atomic E-state index is 0. The summed E-state index contributed by atoms with van der Waals surface area (Å²) in [4.78, 5) is 16.0. The van der Waals surface area contributed by atoms with Gasteiger partial charge in [-0.2, -0.15) is 0 Å². The van der Waals surface area contributed by atoms with E-state index in [1.165, 1.54) is 5.56 Å². The Bertz CT molecular complexity index is 809. The summed E-state index contributed by atoms with van der Waals surface area (Å²) in [5.74, 6) is 1.64. The van der Waals surface area contributed by atoms with Crippen molar-refractivity contribution in [2.24, 2.45) is 4.99 Å². The number of ether oxygens (including phenoxy) is 1. The van der Waals surface area contributed by atoms with E-state index in [2.05, 4.69) is 40.0 Å². The number of halogens is 1. The number of nitrogens with one attached hydrogen (secondary N) is 3. The molecule has 2 aromatic rings. The van der Waals surface area contributed by atoms with Gasteiger partial charge in [0, 0.05) is 32.7 Å². The van der Waals surface area contributed by atoms with Crippen molar-refractivity contribution in [3.63, 3.8) is 0 Å². The van der Waals surface area contributed by atoms with E-state index in [1.54, 1.807) is 14.1 Å². The van der Waals surface area contributed by atoms with Crippen molar-refractivity contribution >= 4 is 35.8 Å². The summed E-state index contributed by atoms with van der Waals surface area (Å²) in [6.07, 6.45) is 3.94. The monoisotopic (exact) mass is 538 g/mol. The SMILES string of the molecule is CCCCOc1ccc(CCNC(=NC)NCCc2cccc(C(=O)NC)c2)cc1.I. The molecule has 7 heteroatoms.